The molecule has 0 aliphatic heterocycles. The third kappa shape index (κ3) is 2.16. The van der Waals surface area contributed by atoms with Gasteiger partial charge in [-0.3, -0.25) is 0 Å². The van der Waals surface area contributed by atoms with Gasteiger partial charge in [-0.2, -0.15) is 0 Å². The van der Waals surface area contributed by atoms with Gasteiger partial charge in [0, 0.05) is 0 Å². The number of hydrogen-bond donors (Lipinski definition) is 0. The van der Waals surface area contributed by atoms with Gasteiger partial charge in [0.2, 0.25) is 0 Å². The van der Waals surface area contributed by atoms with Crippen molar-refractivity contribution in [3.05, 3.63) is 54.1 Å². The lowest BCUT2D eigenvalue weighted by molar-refractivity contribution is 0.376. The zero-order valence-corrected chi connectivity index (χ0v) is 9.44. The lowest BCUT2D eigenvalue weighted by atomic mass is 10.2. The molecule has 82 valence electrons. The first-order chi connectivity index (χ1) is 7.81. The monoisotopic (exact) mass is 214 g/mol. The van der Waals surface area contributed by atoms with Gasteiger partial charge in [0.25, 0.3) is 0 Å². The largest absolute Gasteiger partial charge is 0.493 e. The van der Waals surface area contributed by atoms with Crippen LogP contribution in [-0.4, -0.2) is 7.11 Å². The summed E-state index contributed by atoms with van der Waals surface area (Å²) in [5.41, 5.74) is 1.07. The van der Waals surface area contributed by atoms with E-state index >= 15 is 0 Å². The van der Waals surface area contributed by atoms with Crippen molar-refractivity contribution in [1.29, 1.82) is 0 Å². The summed E-state index contributed by atoms with van der Waals surface area (Å²) in [4.78, 5) is 0. The number of benzene rings is 2. The number of ether oxygens (including phenoxy) is 2. The highest BCUT2D eigenvalue weighted by molar-refractivity contribution is 5.47. The first-order valence-corrected chi connectivity index (χ1v) is 5.18. The van der Waals surface area contributed by atoms with Gasteiger partial charge in [-0.25, -0.2) is 0 Å². The van der Waals surface area contributed by atoms with Gasteiger partial charge in [-0.15, -0.1) is 0 Å². The van der Waals surface area contributed by atoms with Crippen molar-refractivity contribution in [2.24, 2.45) is 0 Å². The molecule has 0 heterocycles. The Balaban J connectivity index is 2.31. The molecule has 0 radical (unpaired) electrons. The average Bonchev–Trinajstić information content (AvgIpc) is 2.31. The van der Waals surface area contributed by atoms with Crippen molar-refractivity contribution in [1.82, 2.24) is 0 Å². The Labute approximate surface area is 95.4 Å². The van der Waals surface area contributed by atoms with E-state index in [-0.39, 0.29) is 0 Å². The fourth-order valence-corrected chi connectivity index (χ4v) is 1.58. The second kappa shape index (κ2) is 4.71. The van der Waals surface area contributed by atoms with Gasteiger partial charge in [0.1, 0.15) is 5.75 Å². The summed E-state index contributed by atoms with van der Waals surface area (Å²) in [6.45, 7) is 2.00. The summed E-state index contributed by atoms with van der Waals surface area (Å²) in [6, 6.07) is 15.5. The molecule has 0 unspecified atom stereocenters. The van der Waals surface area contributed by atoms with E-state index in [1.807, 2.05) is 55.5 Å². The maximum absolute atomic E-state index is 5.76. The Bertz CT molecular complexity index is 463. The van der Waals surface area contributed by atoms with E-state index in [0.717, 1.165) is 22.8 Å². The highest BCUT2D eigenvalue weighted by Gasteiger charge is 2.07. The van der Waals surface area contributed by atoms with E-state index in [9.17, 15) is 0 Å². The number of rotatable bonds is 3. The molecule has 2 heteroatoms. The first-order valence-electron chi connectivity index (χ1n) is 5.18. The zero-order chi connectivity index (χ0) is 11.4. The Morgan fingerprint density at radius 2 is 1.62 bits per heavy atom. The summed E-state index contributed by atoms with van der Waals surface area (Å²) >= 11 is 0. The van der Waals surface area contributed by atoms with Crippen LogP contribution in [0.25, 0.3) is 0 Å². The summed E-state index contributed by atoms with van der Waals surface area (Å²) in [6.07, 6.45) is 0. The fourth-order valence-electron chi connectivity index (χ4n) is 1.58. The maximum atomic E-state index is 5.76. The van der Waals surface area contributed by atoms with Crippen LogP contribution in [0.2, 0.25) is 0 Å². The Kier molecular flexibility index (Phi) is 3.10. The van der Waals surface area contributed by atoms with Gasteiger partial charge >= 0.3 is 0 Å². The summed E-state index contributed by atoms with van der Waals surface area (Å²) in [5, 5.41) is 0. The molecule has 0 fully saturated rings. The molecule has 0 saturated heterocycles. The quantitative estimate of drug-likeness (QED) is 0.773. The second-order valence-electron chi connectivity index (χ2n) is 3.52. The van der Waals surface area contributed by atoms with Crippen molar-refractivity contribution in [2.45, 2.75) is 6.92 Å². The molecule has 16 heavy (non-hydrogen) atoms. The van der Waals surface area contributed by atoms with Gasteiger partial charge in [0.15, 0.2) is 11.5 Å². The van der Waals surface area contributed by atoms with E-state index in [1.165, 1.54) is 0 Å². The number of hydrogen-bond acceptors (Lipinski definition) is 2. The van der Waals surface area contributed by atoms with Crippen molar-refractivity contribution in [3.8, 4) is 17.2 Å². The lowest BCUT2D eigenvalue weighted by Gasteiger charge is -2.11. The van der Waals surface area contributed by atoms with Crippen molar-refractivity contribution in [2.75, 3.05) is 7.11 Å². The number of para-hydroxylation sites is 2. The molecule has 0 aliphatic carbocycles. The predicted octanol–water partition coefficient (Wildman–Crippen LogP) is 3.80. The number of methoxy groups -OCH3 is 1. The molecule has 0 aliphatic rings. The third-order valence-corrected chi connectivity index (χ3v) is 2.35. The van der Waals surface area contributed by atoms with Crippen LogP contribution < -0.4 is 9.47 Å². The smallest absolute Gasteiger partial charge is 0.169 e. The lowest BCUT2D eigenvalue weighted by Crippen LogP contribution is -1.92. The second-order valence-corrected chi connectivity index (χ2v) is 3.52. The molecular formula is C14H14O2. The van der Waals surface area contributed by atoms with Crippen LogP contribution in [0.5, 0.6) is 17.2 Å². The Morgan fingerprint density at radius 1 is 0.875 bits per heavy atom. The zero-order valence-electron chi connectivity index (χ0n) is 9.44. The SMILES string of the molecule is COc1c(C)cccc1Oc1ccccc1. The molecular weight excluding hydrogens is 200 g/mol. The van der Waals surface area contributed by atoms with Gasteiger partial charge in [0.05, 0.1) is 7.11 Å². The van der Waals surface area contributed by atoms with E-state index in [1.54, 1.807) is 7.11 Å². The van der Waals surface area contributed by atoms with Crippen molar-refractivity contribution < 1.29 is 9.47 Å². The standard InChI is InChI=1S/C14H14O2/c1-11-7-6-10-13(14(11)15-2)16-12-8-4-3-5-9-12/h3-10H,1-2H3. The van der Waals surface area contributed by atoms with E-state index in [0.29, 0.717) is 0 Å². The minimum Gasteiger partial charge on any atom is -0.493 e. The summed E-state index contributed by atoms with van der Waals surface area (Å²) in [5.74, 6) is 2.34. The molecule has 0 aromatic heterocycles. The summed E-state index contributed by atoms with van der Waals surface area (Å²) < 4.78 is 11.1. The van der Waals surface area contributed by atoms with E-state index in [2.05, 4.69) is 0 Å². The predicted molar refractivity (Wildman–Crippen MR) is 64.2 cm³/mol. The normalized spacial score (nSPS) is 9.88. The van der Waals surface area contributed by atoms with Crippen LogP contribution >= 0.6 is 0 Å². The van der Waals surface area contributed by atoms with E-state index in [4.69, 9.17) is 9.47 Å². The van der Waals surface area contributed by atoms with Crippen molar-refractivity contribution >= 4 is 0 Å². The highest BCUT2D eigenvalue weighted by atomic mass is 16.5. The topological polar surface area (TPSA) is 18.5 Å². The Hall–Kier alpha value is -1.96. The van der Waals surface area contributed by atoms with Crippen LogP contribution in [-0.2, 0) is 0 Å². The molecule has 2 rings (SSSR count). The molecule has 2 aromatic carbocycles. The molecule has 0 saturated carbocycles. The van der Waals surface area contributed by atoms with Gasteiger partial charge in [-0.1, -0.05) is 30.3 Å². The minimum atomic E-state index is 0.744. The van der Waals surface area contributed by atoms with Gasteiger partial charge in [-0.05, 0) is 30.7 Å². The molecule has 0 N–H and O–H groups in total. The molecule has 0 spiro atoms. The molecule has 0 atom stereocenters. The molecule has 0 bridgehead atoms. The van der Waals surface area contributed by atoms with Gasteiger partial charge < -0.3 is 9.47 Å². The van der Waals surface area contributed by atoms with Crippen LogP contribution in [0.1, 0.15) is 5.56 Å². The number of aryl methyl sites for hydroxylation is 1. The average molecular weight is 214 g/mol. The van der Waals surface area contributed by atoms with Crippen LogP contribution in [0.15, 0.2) is 48.5 Å². The van der Waals surface area contributed by atoms with E-state index < -0.39 is 0 Å². The Morgan fingerprint density at radius 3 is 2.31 bits per heavy atom. The third-order valence-electron chi connectivity index (χ3n) is 2.35. The molecule has 0 amide bonds. The molecule has 2 aromatic rings. The fraction of sp³-hybridized carbons (Fsp3) is 0.143. The van der Waals surface area contributed by atoms with Crippen LogP contribution in [0.3, 0.4) is 0 Å². The van der Waals surface area contributed by atoms with Crippen LogP contribution in [0, 0.1) is 6.92 Å². The van der Waals surface area contributed by atoms with Crippen LogP contribution in [0.4, 0.5) is 0 Å². The first kappa shape index (κ1) is 10.6. The minimum absolute atomic E-state index is 0.744. The highest BCUT2D eigenvalue weighted by Crippen LogP contribution is 2.33. The summed E-state index contributed by atoms with van der Waals surface area (Å²) in [7, 11) is 1.65. The molecule has 2 nitrogen and oxygen atoms in total. The van der Waals surface area contributed by atoms with Crippen molar-refractivity contribution in [3.63, 3.8) is 0 Å². The maximum Gasteiger partial charge on any atom is 0.169 e.